The second-order valence-corrected chi connectivity index (χ2v) is 5.83. The Bertz CT molecular complexity index is 652. The number of fused-ring (bicyclic) bond motifs is 1. The number of aliphatic hydroxyl groups is 1. The number of aliphatic hydroxyl groups excluding tert-OH is 1. The summed E-state index contributed by atoms with van der Waals surface area (Å²) in [5.41, 5.74) is 2.85. The second-order valence-electron chi connectivity index (χ2n) is 4.94. The highest BCUT2D eigenvalue weighted by molar-refractivity contribution is 7.16. The van der Waals surface area contributed by atoms with E-state index in [-0.39, 0.29) is 17.2 Å². The third-order valence-corrected chi connectivity index (χ3v) is 4.56. The molecule has 0 saturated carbocycles. The Labute approximate surface area is 125 Å². The summed E-state index contributed by atoms with van der Waals surface area (Å²) >= 11 is 1.41. The molecular weight excluding hydrogens is 292 g/mol. The van der Waals surface area contributed by atoms with E-state index in [0.29, 0.717) is 17.7 Å². The lowest BCUT2D eigenvalue weighted by Gasteiger charge is -2.35. The molecule has 0 spiro atoms. The molecule has 2 aromatic rings. The maximum atomic E-state index is 11.4. The molecule has 1 aromatic heterocycles. The predicted molar refractivity (Wildman–Crippen MR) is 82.0 cm³/mol. The molecule has 21 heavy (non-hydrogen) atoms. The quantitative estimate of drug-likeness (QED) is 0.677. The van der Waals surface area contributed by atoms with Crippen molar-refractivity contribution in [1.29, 1.82) is 0 Å². The van der Waals surface area contributed by atoms with Crippen molar-refractivity contribution >= 4 is 32.9 Å². The normalized spacial score (nSPS) is 16.5. The summed E-state index contributed by atoms with van der Waals surface area (Å²) in [6.07, 6.45) is 0. The molecular formula is C13H16N4O3S. The van der Waals surface area contributed by atoms with E-state index in [1.54, 1.807) is 5.51 Å². The minimum Gasteiger partial charge on any atom is -0.395 e. The third kappa shape index (κ3) is 2.69. The van der Waals surface area contributed by atoms with Gasteiger partial charge in [0.2, 0.25) is 0 Å². The molecule has 1 aliphatic rings. The van der Waals surface area contributed by atoms with E-state index < -0.39 is 0 Å². The highest BCUT2D eigenvalue weighted by Gasteiger charge is 2.26. The monoisotopic (exact) mass is 308 g/mol. The van der Waals surface area contributed by atoms with E-state index in [0.717, 1.165) is 30.9 Å². The molecule has 7 nitrogen and oxygen atoms in total. The smallest absolute Gasteiger partial charge is 0.319 e. The van der Waals surface area contributed by atoms with Gasteiger partial charge in [0, 0.05) is 32.7 Å². The molecule has 0 bridgehead atoms. The molecule has 1 aliphatic heterocycles. The average Bonchev–Trinajstić information content (AvgIpc) is 2.95. The van der Waals surface area contributed by atoms with Gasteiger partial charge in [0.15, 0.2) is 5.52 Å². The van der Waals surface area contributed by atoms with Crippen LogP contribution in [0.2, 0.25) is 0 Å². The summed E-state index contributed by atoms with van der Waals surface area (Å²) in [6.45, 7) is 3.83. The van der Waals surface area contributed by atoms with Gasteiger partial charge in [-0.2, -0.15) is 0 Å². The zero-order chi connectivity index (χ0) is 14.8. The van der Waals surface area contributed by atoms with Crippen molar-refractivity contribution < 1.29 is 10.0 Å². The Morgan fingerprint density at radius 2 is 2.10 bits per heavy atom. The summed E-state index contributed by atoms with van der Waals surface area (Å²) in [5, 5.41) is 20.4. The summed E-state index contributed by atoms with van der Waals surface area (Å²) < 4.78 is 0.837. The SMILES string of the molecule is O=[N+]([O-])c1c(N2CCN(CCO)CC2)ccc2scnc12. The maximum Gasteiger partial charge on any atom is 0.319 e. The zero-order valence-corrected chi connectivity index (χ0v) is 12.3. The van der Waals surface area contributed by atoms with Gasteiger partial charge in [-0.25, -0.2) is 4.98 Å². The number of piperazine rings is 1. The van der Waals surface area contributed by atoms with Gasteiger partial charge in [-0.15, -0.1) is 11.3 Å². The number of β-amino-alcohol motifs (C(OH)–C–C–N with tert-alkyl or cyclic N) is 1. The van der Waals surface area contributed by atoms with Crippen LogP contribution < -0.4 is 4.90 Å². The molecule has 0 aliphatic carbocycles. The standard InChI is InChI=1S/C13H16N4O3S/c18-8-7-15-3-5-16(6-4-15)10-1-2-11-12(14-9-21-11)13(10)17(19)20/h1-2,9,18H,3-8H2. The number of aromatic nitrogens is 1. The van der Waals surface area contributed by atoms with Crippen LogP contribution in [0, 0.1) is 10.1 Å². The molecule has 3 rings (SSSR count). The van der Waals surface area contributed by atoms with E-state index in [9.17, 15) is 10.1 Å². The summed E-state index contributed by atoms with van der Waals surface area (Å²) in [6, 6.07) is 3.72. The van der Waals surface area contributed by atoms with Crippen LogP contribution in [-0.2, 0) is 0 Å². The number of nitrogens with zero attached hydrogens (tertiary/aromatic N) is 4. The Balaban J connectivity index is 1.90. The van der Waals surface area contributed by atoms with Crippen LogP contribution in [-0.4, -0.2) is 59.2 Å². The molecule has 8 heteroatoms. The lowest BCUT2D eigenvalue weighted by atomic mass is 10.2. The number of anilines is 1. The fourth-order valence-corrected chi connectivity index (χ4v) is 3.37. The molecule has 1 N–H and O–H groups in total. The van der Waals surface area contributed by atoms with Crippen molar-refractivity contribution in [3.05, 3.63) is 27.8 Å². The van der Waals surface area contributed by atoms with Gasteiger partial charge < -0.3 is 10.0 Å². The fourth-order valence-electron chi connectivity index (χ4n) is 2.70. The number of thiazole rings is 1. The first kappa shape index (κ1) is 14.2. The molecule has 0 amide bonds. The largest absolute Gasteiger partial charge is 0.395 e. The Morgan fingerprint density at radius 3 is 2.76 bits per heavy atom. The van der Waals surface area contributed by atoms with Gasteiger partial charge in [-0.3, -0.25) is 15.0 Å². The molecule has 0 atom stereocenters. The average molecular weight is 308 g/mol. The van der Waals surface area contributed by atoms with E-state index in [4.69, 9.17) is 5.11 Å². The number of nitro benzene ring substituents is 1. The molecule has 1 saturated heterocycles. The first-order valence-electron chi connectivity index (χ1n) is 6.79. The van der Waals surface area contributed by atoms with Crippen molar-refractivity contribution in [3.8, 4) is 0 Å². The van der Waals surface area contributed by atoms with Crippen molar-refractivity contribution in [1.82, 2.24) is 9.88 Å². The number of nitro groups is 1. The van der Waals surface area contributed by atoms with Gasteiger partial charge in [0.25, 0.3) is 0 Å². The Hall–Kier alpha value is -1.77. The number of hydrogen-bond acceptors (Lipinski definition) is 7. The fraction of sp³-hybridized carbons (Fsp3) is 0.462. The lowest BCUT2D eigenvalue weighted by molar-refractivity contribution is -0.382. The molecule has 0 unspecified atom stereocenters. The van der Waals surface area contributed by atoms with Gasteiger partial charge in [-0.1, -0.05) is 0 Å². The first-order chi connectivity index (χ1) is 10.2. The zero-order valence-electron chi connectivity index (χ0n) is 11.4. The van der Waals surface area contributed by atoms with Gasteiger partial charge in [-0.05, 0) is 12.1 Å². The van der Waals surface area contributed by atoms with Gasteiger partial charge in [0.05, 0.1) is 21.7 Å². The van der Waals surface area contributed by atoms with Crippen LogP contribution in [0.15, 0.2) is 17.6 Å². The molecule has 0 radical (unpaired) electrons. The molecule has 2 heterocycles. The van der Waals surface area contributed by atoms with Gasteiger partial charge >= 0.3 is 5.69 Å². The van der Waals surface area contributed by atoms with Crippen molar-refractivity contribution in [2.24, 2.45) is 0 Å². The number of rotatable bonds is 4. The predicted octanol–water partition coefficient (Wildman–Crippen LogP) is 1.32. The van der Waals surface area contributed by atoms with E-state index in [2.05, 4.69) is 9.88 Å². The first-order valence-corrected chi connectivity index (χ1v) is 7.67. The molecule has 1 aromatic carbocycles. The number of benzene rings is 1. The van der Waals surface area contributed by atoms with Crippen molar-refractivity contribution in [2.45, 2.75) is 0 Å². The van der Waals surface area contributed by atoms with Crippen LogP contribution in [0.4, 0.5) is 11.4 Å². The lowest BCUT2D eigenvalue weighted by Crippen LogP contribution is -2.47. The maximum absolute atomic E-state index is 11.4. The summed E-state index contributed by atoms with van der Waals surface area (Å²) in [5.74, 6) is 0. The van der Waals surface area contributed by atoms with Crippen molar-refractivity contribution in [2.75, 3.05) is 44.2 Å². The van der Waals surface area contributed by atoms with E-state index in [1.165, 1.54) is 11.3 Å². The van der Waals surface area contributed by atoms with Crippen LogP contribution in [0.25, 0.3) is 10.2 Å². The second kappa shape index (κ2) is 5.92. The van der Waals surface area contributed by atoms with E-state index >= 15 is 0 Å². The van der Waals surface area contributed by atoms with Gasteiger partial charge in [0.1, 0.15) is 5.69 Å². The highest BCUT2D eigenvalue weighted by Crippen LogP contribution is 2.36. The number of hydrogen-bond donors (Lipinski definition) is 1. The van der Waals surface area contributed by atoms with Crippen molar-refractivity contribution in [3.63, 3.8) is 0 Å². The summed E-state index contributed by atoms with van der Waals surface area (Å²) in [4.78, 5) is 19.4. The Morgan fingerprint density at radius 1 is 1.33 bits per heavy atom. The minimum absolute atomic E-state index is 0.101. The molecule has 1 fully saturated rings. The highest BCUT2D eigenvalue weighted by atomic mass is 32.1. The van der Waals surface area contributed by atoms with Crippen LogP contribution in [0.3, 0.4) is 0 Å². The Kier molecular flexibility index (Phi) is 4.00. The van der Waals surface area contributed by atoms with Crippen LogP contribution in [0.1, 0.15) is 0 Å². The van der Waals surface area contributed by atoms with E-state index in [1.807, 2.05) is 17.0 Å². The topological polar surface area (TPSA) is 82.7 Å². The van der Waals surface area contributed by atoms with Crippen LogP contribution in [0.5, 0.6) is 0 Å². The molecule has 112 valence electrons. The third-order valence-electron chi connectivity index (χ3n) is 3.77. The van der Waals surface area contributed by atoms with Crippen LogP contribution >= 0.6 is 11.3 Å². The minimum atomic E-state index is -0.336. The summed E-state index contributed by atoms with van der Waals surface area (Å²) in [7, 11) is 0.